The summed E-state index contributed by atoms with van der Waals surface area (Å²) in [6.07, 6.45) is 2.58. The van der Waals surface area contributed by atoms with Crippen molar-refractivity contribution in [3.05, 3.63) is 83.9 Å². The van der Waals surface area contributed by atoms with E-state index in [9.17, 15) is 9.90 Å². The molecule has 0 saturated carbocycles. The zero-order valence-corrected chi connectivity index (χ0v) is 23.6. The summed E-state index contributed by atoms with van der Waals surface area (Å²) in [6, 6.07) is 20.6. The third-order valence-corrected chi connectivity index (χ3v) is 7.92. The van der Waals surface area contributed by atoms with E-state index in [0.29, 0.717) is 49.7 Å². The number of nitrogens with zero attached hydrogens (tertiary/aromatic N) is 5. The maximum Gasteiger partial charge on any atom is 0.289 e. The lowest BCUT2D eigenvalue weighted by molar-refractivity contribution is -0.0207. The fourth-order valence-corrected chi connectivity index (χ4v) is 5.61. The van der Waals surface area contributed by atoms with Gasteiger partial charge in [-0.2, -0.15) is 0 Å². The number of rotatable bonds is 11. The zero-order chi connectivity index (χ0) is 28.7. The van der Waals surface area contributed by atoms with Crippen molar-refractivity contribution in [2.75, 3.05) is 57.9 Å². The van der Waals surface area contributed by atoms with Crippen LogP contribution in [-0.2, 0) is 9.47 Å². The Balaban J connectivity index is 1.28. The maximum absolute atomic E-state index is 13.3. The van der Waals surface area contributed by atoms with E-state index in [1.807, 2.05) is 41.0 Å². The molecule has 0 radical (unpaired) electrons. The molecule has 11 nitrogen and oxygen atoms in total. The highest BCUT2D eigenvalue weighted by Crippen LogP contribution is 2.32. The van der Waals surface area contributed by atoms with Crippen molar-refractivity contribution in [3.63, 3.8) is 0 Å². The van der Waals surface area contributed by atoms with E-state index >= 15 is 0 Å². The van der Waals surface area contributed by atoms with Crippen LogP contribution in [0.3, 0.4) is 0 Å². The van der Waals surface area contributed by atoms with Crippen LogP contribution in [0.5, 0.6) is 0 Å². The topological polar surface area (TPSA) is 127 Å². The molecule has 42 heavy (non-hydrogen) atoms. The smallest absolute Gasteiger partial charge is 0.289 e. The summed E-state index contributed by atoms with van der Waals surface area (Å²) >= 11 is 0. The minimum atomic E-state index is -0.343. The maximum atomic E-state index is 13.3. The highest BCUT2D eigenvalue weighted by Gasteiger charge is 2.29. The van der Waals surface area contributed by atoms with Crippen molar-refractivity contribution in [1.82, 2.24) is 29.7 Å². The van der Waals surface area contributed by atoms with E-state index in [4.69, 9.17) is 9.47 Å². The van der Waals surface area contributed by atoms with Gasteiger partial charge in [0.2, 0.25) is 5.82 Å². The van der Waals surface area contributed by atoms with Crippen LogP contribution in [0.15, 0.2) is 67.0 Å². The van der Waals surface area contributed by atoms with Crippen LogP contribution in [0.4, 0.5) is 5.82 Å². The van der Waals surface area contributed by atoms with Crippen LogP contribution in [0.25, 0.3) is 11.2 Å². The molecule has 2 fully saturated rings. The molecule has 3 N–H and O–H groups in total. The van der Waals surface area contributed by atoms with Gasteiger partial charge in [-0.1, -0.05) is 60.7 Å². The minimum Gasteiger partial charge on any atom is -0.394 e. The first-order valence-corrected chi connectivity index (χ1v) is 14.6. The molecule has 0 aliphatic carbocycles. The predicted molar refractivity (Wildman–Crippen MR) is 158 cm³/mol. The third kappa shape index (κ3) is 6.44. The summed E-state index contributed by atoms with van der Waals surface area (Å²) < 4.78 is 13.3. The Bertz CT molecular complexity index is 1420. The van der Waals surface area contributed by atoms with Gasteiger partial charge in [0, 0.05) is 38.6 Å². The molecule has 4 heterocycles. The van der Waals surface area contributed by atoms with Gasteiger partial charge in [-0.25, -0.2) is 15.0 Å². The molecule has 6 rings (SSSR count). The van der Waals surface area contributed by atoms with E-state index in [0.717, 1.165) is 26.1 Å². The van der Waals surface area contributed by atoms with Crippen molar-refractivity contribution in [2.24, 2.45) is 0 Å². The van der Waals surface area contributed by atoms with Crippen molar-refractivity contribution >= 4 is 22.9 Å². The van der Waals surface area contributed by atoms with Gasteiger partial charge in [-0.15, -0.1) is 0 Å². The molecule has 2 aromatic heterocycles. The minimum absolute atomic E-state index is 0.0396. The molecule has 2 saturated heterocycles. The second-order valence-electron chi connectivity index (χ2n) is 10.7. The molecule has 2 atom stereocenters. The second kappa shape index (κ2) is 13.4. The summed E-state index contributed by atoms with van der Waals surface area (Å²) in [7, 11) is 0. The Kier molecular flexibility index (Phi) is 9.00. The van der Waals surface area contributed by atoms with Crippen molar-refractivity contribution in [1.29, 1.82) is 0 Å². The predicted octanol–water partition coefficient (Wildman–Crippen LogP) is 2.80. The number of hydrogen-bond acceptors (Lipinski definition) is 9. The van der Waals surface area contributed by atoms with Crippen LogP contribution in [0.1, 0.15) is 46.7 Å². The lowest BCUT2D eigenvalue weighted by Crippen LogP contribution is -2.41. The Hall–Kier alpha value is -3.90. The average Bonchev–Trinajstić information content (AvgIpc) is 3.70. The number of amides is 1. The van der Waals surface area contributed by atoms with E-state index in [-0.39, 0.29) is 36.6 Å². The fourth-order valence-electron chi connectivity index (χ4n) is 5.61. The number of aliphatic hydroxyl groups excluding tert-OH is 1. The molecular formula is C31H37N7O4. The molecule has 220 valence electrons. The summed E-state index contributed by atoms with van der Waals surface area (Å²) in [5.74, 6) is 0.269. The standard InChI is InChI=1S/C31H37N7O4/c39-20-24-11-12-26(42-24)38-21-34-27-28(33-19-25(22-7-3-1-4-8-22)23-9-5-2-6-10-23)35-29(36-30(27)38)31(40)32-13-14-37-15-17-41-18-16-37/h1-10,21,24-26,39H,11-20H2,(H,32,40)(H,33,35,36). The zero-order valence-electron chi connectivity index (χ0n) is 23.6. The lowest BCUT2D eigenvalue weighted by Gasteiger charge is -2.26. The van der Waals surface area contributed by atoms with Gasteiger partial charge < -0.3 is 25.2 Å². The SMILES string of the molecule is O=C(NCCN1CCOCC1)c1nc(NCC(c2ccccc2)c2ccccc2)c2ncn(C3CCC(CO)O3)c2n1. The third-order valence-electron chi connectivity index (χ3n) is 7.92. The molecule has 0 bridgehead atoms. The monoisotopic (exact) mass is 571 g/mol. The highest BCUT2D eigenvalue weighted by atomic mass is 16.5. The van der Waals surface area contributed by atoms with E-state index in [1.54, 1.807) is 6.33 Å². The summed E-state index contributed by atoms with van der Waals surface area (Å²) in [5, 5.41) is 16.1. The first-order chi connectivity index (χ1) is 20.7. The van der Waals surface area contributed by atoms with Gasteiger partial charge in [0.15, 0.2) is 17.0 Å². The molecule has 0 spiro atoms. The first kappa shape index (κ1) is 28.2. The van der Waals surface area contributed by atoms with Crippen LogP contribution < -0.4 is 10.6 Å². The Morgan fingerprint density at radius 2 is 1.71 bits per heavy atom. The summed E-state index contributed by atoms with van der Waals surface area (Å²) in [5.41, 5.74) is 3.42. The van der Waals surface area contributed by atoms with E-state index in [2.05, 4.69) is 54.8 Å². The molecule has 1 amide bonds. The van der Waals surface area contributed by atoms with Gasteiger partial charge in [-0.3, -0.25) is 14.3 Å². The number of hydrogen-bond donors (Lipinski definition) is 3. The van der Waals surface area contributed by atoms with Gasteiger partial charge >= 0.3 is 0 Å². The van der Waals surface area contributed by atoms with Crippen LogP contribution in [0.2, 0.25) is 0 Å². The second-order valence-corrected chi connectivity index (χ2v) is 10.7. The molecular weight excluding hydrogens is 534 g/mol. The van der Waals surface area contributed by atoms with E-state index in [1.165, 1.54) is 11.1 Å². The van der Waals surface area contributed by atoms with E-state index < -0.39 is 0 Å². The highest BCUT2D eigenvalue weighted by molar-refractivity contribution is 5.94. The first-order valence-electron chi connectivity index (χ1n) is 14.6. The Labute approximate surface area is 244 Å². The molecule has 2 aliphatic rings. The Morgan fingerprint density at radius 3 is 2.38 bits per heavy atom. The largest absolute Gasteiger partial charge is 0.394 e. The number of aliphatic hydroxyl groups is 1. The number of nitrogens with one attached hydrogen (secondary N) is 2. The van der Waals surface area contributed by atoms with Gasteiger partial charge in [0.25, 0.3) is 5.91 Å². The number of fused-ring (bicyclic) bond motifs is 1. The number of morpholine rings is 1. The normalized spacial score (nSPS) is 19.4. The number of carbonyl (C=O) groups is 1. The van der Waals surface area contributed by atoms with Gasteiger partial charge in [0.05, 0.1) is 32.3 Å². The number of ether oxygens (including phenoxy) is 2. The number of aromatic nitrogens is 4. The Morgan fingerprint density at radius 1 is 1.00 bits per heavy atom. The van der Waals surface area contributed by atoms with Gasteiger partial charge in [0.1, 0.15) is 6.23 Å². The fraction of sp³-hybridized carbons (Fsp3) is 0.419. The molecule has 2 aliphatic heterocycles. The lowest BCUT2D eigenvalue weighted by atomic mass is 9.91. The number of benzene rings is 2. The van der Waals surface area contributed by atoms with Crippen LogP contribution >= 0.6 is 0 Å². The van der Waals surface area contributed by atoms with Crippen molar-refractivity contribution < 1.29 is 19.4 Å². The number of carbonyl (C=O) groups excluding carboxylic acids is 1. The quantitative estimate of drug-likeness (QED) is 0.249. The number of anilines is 1. The average molecular weight is 572 g/mol. The van der Waals surface area contributed by atoms with Gasteiger partial charge in [-0.05, 0) is 24.0 Å². The van der Waals surface area contributed by atoms with Crippen molar-refractivity contribution in [2.45, 2.75) is 31.1 Å². The molecule has 2 aromatic carbocycles. The van der Waals surface area contributed by atoms with Crippen molar-refractivity contribution in [3.8, 4) is 0 Å². The number of imidazole rings is 1. The summed E-state index contributed by atoms with van der Waals surface area (Å²) in [6.45, 7) is 4.84. The van der Waals surface area contributed by atoms with Crippen LogP contribution in [-0.4, -0.2) is 94.1 Å². The molecule has 2 unspecified atom stereocenters. The van der Waals surface area contributed by atoms with Crippen LogP contribution in [0, 0.1) is 0 Å². The molecule has 11 heteroatoms. The summed E-state index contributed by atoms with van der Waals surface area (Å²) in [4.78, 5) is 29.6. The molecule has 4 aromatic rings.